The number of rotatable bonds is 5. The van der Waals surface area contributed by atoms with Crippen LogP contribution in [-0.2, 0) is 4.79 Å². The molecule has 0 aliphatic carbocycles. The summed E-state index contributed by atoms with van der Waals surface area (Å²) in [6.45, 7) is 3.72. The molecule has 0 fully saturated rings. The number of nitrogens with zero attached hydrogens (tertiary/aromatic N) is 2. The molecule has 0 bridgehead atoms. The molecular formula is C16H16IN3OS. The van der Waals surface area contributed by atoms with Crippen LogP contribution in [0.25, 0.3) is 0 Å². The number of benzene rings is 1. The fourth-order valence-corrected chi connectivity index (χ4v) is 3.00. The number of nitrogens with one attached hydrogen (secondary N) is 1. The number of pyridine rings is 1. The van der Waals surface area contributed by atoms with E-state index in [2.05, 4.69) is 38.1 Å². The lowest BCUT2D eigenvalue weighted by Crippen LogP contribution is -2.27. The smallest absolute Gasteiger partial charge is 0.253 e. The summed E-state index contributed by atoms with van der Waals surface area (Å²) in [5.41, 5.74) is 4.40. The number of aromatic nitrogens is 1. The van der Waals surface area contributed by atoms with Crippen LogP contribution in [0, 0.1) is 3.57 Å². The van der Waals surface area contributed by atoms with E-state index in [1.165, 1.54) is 11.8 Å². The van der Waals surface area contributed by atoms with Crippen LogP contribution in [0.15, 0.2) is 58.8 Å². The van der Waals surface area contributed by atoms with E-state index in [9.17, 15) is 4.79 Å². The van der Waals surface area contributed by atoms with Gasteiger partial charge in [-0.15, -0.1) is 0 Å². The van der Waals surface area contributed by atoms with E-state index in [1.807, 2.05) is 56.3 Å². The Morgan fingerprint density at radius 1 is 1.32 bits per heavy atom. The molecule has 1 atom stereocenters. The lowest BCUT2D eigenvalue weighted by atomic mass is 10.1. The Morgan fingerprint density at radius 3 is 2.82 bits per heavy atom. The SMILES string of the molecule is CC(=NNC(=O)C(C)Sc1ccccn1)c1cccc(I)c1. The van der Waals surface area contributed by atoms with E-state index in [0.29, 0.717) is 0 Å². The number of hydrogen-bond acceptors (Lipinski definition) is 4. The molecule has 0 saturated heterocycles. The lowest BCUT2D eigenvalue weighted by Gasteiger charge is -2.09. The third-order valence-electron chi connectivity index (χ3n) is 2.88. The van der Waals surface area contributed by atoms with E-state index < -0.39 is 0 Å². The summed E-state index contributed by atoms with van der Waals surface area (Å²) in [4.78, 5) is 16.3. The molecule has 1 amide bonds. The summed E-state index contributed by atoms with van der Waals surface area (Å²) in [6.07, 6.45) is 1.71. The van der Waals surface area contributed by atoms with Crippen molar-refractivity contribution in [3.8, 4) is 0 Å². The maximum atomic E-state index is 12.1. The molecule has 114 valence electrons. The predicted molar refractivity (Wildman–Crippen MR) is 99.1 cm³/mol. The molecule has 22 heavy (non-hydrogen) atoms. The molecule has 4 nitrogen and oxygen atoms in total. The summed E-state index contributed by atoms with van der Waals surface area (Å²) in [5.74, 6) is -0.138. The molecule has 2 rings (SSSR count). The van der Waals surface area contributed by atoms with Gasteiger partial charge in [-0.05, 0) is 66.3 Å². The van der Waals surface area contributed by atoms with Gasteiger partial charge < -0.3 is 0 Å². The highest BCUT2D eigenvalue weighted by Crippen LogP contribution is 2.20. The second kappa shape index (κ2) is 8.28. The van der Waals surface area contributed by atoms with Crippen molar-refractivity contribution in [2.24, 2.45) is 5.10 Å². The van der Waals surface area contributed by atoms with Crippen LogP contribution >= 0.6 is 34.4 Å². The van der Waals surface area contributed by atoms with Crippen molar-refractivity contribution in [1.82, 2.24) is 10.4 Å². The topological polar surface area (TPSA) is 54.4 Å². The Hall–Kier alpha value is -1.41. The number of halogens is 1. The van der Waals surface area contributed by atoms with Gasteiger partial charge in [-0.3, -0.25) is 4.79 Å². The molecule has 0 spiro atoms. The second-order valence-electron chi connectivity index (χ2n) is 4.61. The maximum absolute atomic E-state index is 12.1. The molecule has 1 unspecified atom stereocenters. The number of carbonyl (C=O) groups excluding carboxylic acids is 1. The van der Waals surface area contributed by atoms with Gasteiger partial charge in [0, 0.05) is 9.77 Å². The minimum Gasteiger partial charge on any atom is -0.272 e. The van der Waals surface area contributed by atoms with E-state index in [1.54, 1.807) is 6.20 Å². The summed E-state index contributed by atoms with van der Waals surface area (Å²) < 4.78 is 1.13. The highest BCUT2D eigenvalue weighted by molar-refractivity contribution is 14.1. The minimum atomic E-state index is -0.262. The average Bonchev–Trinajstić information content (AvgIpc) is 2.53. The van der Waals surface area contributed by atoms with Crippen LogP contribution in [0.1, 0.15) is 19.4 Å². The first-order valence-electron chi connectivity index (χ1n) is 6.74. The molecule has 1 aromatic carbocycles. The van der Waals surface area contributed by atoms with Crippen molar-refractivity contribution in [2.75, 3.05) is 0 Å². The van der Waals surface area contributed by atoms with Crippen LogP contribution in [0.4, 0.5) is 0 Å². The lowest BCUT2D eigenvalue weighted by molar-refractivity contribution is -0.120. The zero-order chi connectivity index (χ0) is 15.9. The van der Waals surface area contributed by atoms with Gasteiger partial charge in [-0.25, -0.2) is 10.4 Å². The van der Waals surface area contributed by atoms with Gasteiger partial charge in [0.15, 0.2) is 0 Å². The number of thioether (sulfide) groups is 1. The summed E-state index contributed by atoms with van der Waals surface area (Å²) >= 11 is 3.66. The van der Waals surface area contributed by atoms with Crippen molar-refractivity contribution in [2.45, 2.75) is 24.1 Å². The highest BCUT2D eigenvalue weighted by Gasteiger charge is 2.14. The van der Waals surface area contributed by atoms with E-state index in [-0.39, 0.29) is 11.2 Å². The zero-order valence-corrected chi connectivity index (χ0v) is 15.3. The van der Waals surface area contributed by atoms with Gasteiger partial charge in [0.2, 0.25) is 0 Å². The van der Waals surface area contributed by atoms with Crippen molar-refractivity contribution in [3.63, 3.8) is 0 Å². The highest BCUT2D eigenvalue weighted by atomic mass is 127. The quantitative estimate of drug-likeness (QED) is 0.344. The first-order valence-corrected chi connectivity index (χ1v) is 8.70. The Balaban J connectivity index is 1.95. The summed E-state index contributed by atoms with van der Waals surface area (Å²) in [7, 11) is 0. The first-order chi connectivity index (χ1) is 10.6. The van der Waals surface area contributed by atoms with Crippen molar-refractivity contribution in [3.05, 3.63) is 57.8 Å². The molecule has 2 aromatic rings. The number of carbonyl (C=O) groups is 1. The predicted octanol–water partition coefficient (Wildman–Crippen LogP) is 3.71. The number of amides is 1. The zero-order valence-electron chi connectivity index (χ0n) is 12.3. The van der Waals surface area contributed by atoms with Gasteiger partial charge in [0.1, 0.15) is 0 Å². The Labute approximate surface area is 147 Å². The second-order valence-corrected chi connectivity index (χ2v) is 7.22. The van der Waals surface area contributed by atoms with Gasteiger partial charge in [0.05, 0.1) is 16.0 Å². The molecule has 6 heteroatoms. The Morgan fingerprint density at radius 2 is 2.14 bits per heavy atom. The monoisotopic (exact) mass is 425 g/mol. The summed E-state index contributed by atoms with van der Waals surface area (Å²) in [6, 6.07) is 13.6. The fourth-order valence-electron chi connectivity index (χ4n) is 1.66. The molecule has 1 N–H and O–H groups in total. The first kappa shape index (κ1) is 17.0. The maximum Gasteiger partial charge on any atom is 0.253 e. The molecule has 1 heterocycles. The van der Waals surface area contributed by atoms with Crippen LogP contribution in [0.5, 0.6) is 0 Å². The fraction of sp³-hybridized carbons (Fsp3) is 0.188. The van der Waals surface area contributed by atoms with Crippen LogP contribution in [0.2, 0.25) is 0 Å². The average molecular weight is 425 g/mol. The van der Waals surface area contributed by atoms with Crippen LogP contribution in [-0.4, -0.2) is 21.9 Å². The van der Waals surface area contributed by atoms with E-state index in [4.69, 9.17) is 0 Å². The standard InChI is InChI=1S/C16H16IN3OS/c1-11(13-6-5-7-14(17)10-13)19-20-16(21)12(2)22-15-8-3-4-9-18-15/h3-10,12H,1-2H3,(H,20,21). The van der Waals surface area contributed by atoms with Crippen molar-refractivity contribution in [1.29, 1.82) is 0 Å². The largest absolute Gasteiger partial charge is 0.272 e. The normalized spacial score (nSPS) is 12.8. The molecule has 0 aliphatic rings. The van der Waals surface area contributed by atoms with Crippen molar-refractivity contribution < 1.29 is 4.79 Å². The third-order valence-corrected chi connectivity index (χ3v) is 4.60. The minimum absolute atomic E-state index is 0.138. The Kier molecular flexibility index (Phi) is 6.38. The summed E-state index contributed by atoms with van der Waals surface area (Å²) in [5, 5.41) is 4.74. The van der Waals surface area contributed by atoms with Crippen LogP contribution < -0.4 is 5.43 Å². The van der Waals surface area contributed by atoms with E-state index in [0.717, 1.165) is 19.9 Å². The molecule has 0 saturated carbocycles. The van der Waals surface area contributed by atoms with Gasteiger partial charge in [0.25, 0.3) is 5.91 Å². The van der Waals surface area contributed by atoms with Crippen LogP contribution in [0.3, 0.4) is 0 Å². The van der Waals surface area contributed by atoms with Gasteiger partial charge in [-0.2, -0.15) is 5.10 Å². The van der Waals surface area contributed by atoms with Gasteiger partial charge >= 0.3 is 0 Å². The third kappa shape index (κ3) is 5.10. The molecule has 0 radical (unpaired) electrons. The number of hydrogen-bond donors (Lipinski definition) is 1. The van der Waals surface area contributed by atoms with Crippen molar-refractivity contribution >= 4 is 46.0 Å². The molecular weight excluding hydrogens is 409 g/mol. The van der Waals surface area contributed by atoms with Gasteiger partial charge in [-0.1, -0.05) is 30.0 Å². The number of hydrazone groups is 1. The molecule has 1 aromatic heterocycles. The molecule has 0 aliphatic heterocycles. The van der Waals surface area contributed by atoms with E-state index >= 15 is 0 Å². The Bertz CT molecular complexity index is 676.